The molecule has 1 N–H and O–H groups in total. The van der Waals surface area contributed by atoms with Crippen LogP contribution in [0, 0.1) is 13.8 Å². The average molecular weight is 351 g/mol. The van der Waals surface area contributed by atoms with E-state index < -0.39 is 5.97 Å². The van der Waals surface area contributed by atoms with Crippen LogP contribution >= 0.6 is 0 Å². The number of hydrogen-bond donors (Lipinski definition) is 1. The second-order valence-corrected chi connectivity index (χ2v) is 6.30. The summed E-state index contributed by atoms with van der Waals surface area (Å²) in [5.41, 5.74) is 1.34. The van der Waals surface area contributed by atoms with Gasteiger partial charge < -0.3 is 14.5 Å². The minimum atomic E-state index is -0.562. The van der Waals surface area contributed by atoms with E-state index in [-0.39, 0.29) is 18.6 Å². The molecule has 5 nitrogen and oxygen atoms in total. The Morgan fingerprint density at radius 2 is 1.81 bits per heavy atom. The van der Waals surface area contributed by atoms with Gasteiger partial charge in [-0.25, -0.2) is 4.79 Å². The molecule has 0 fully saturated rings. The molecule has 0 aliphatic carbocycles. The molecule has 0 spiro atoms. The van der Waals surface area contributed by atoms with Crippen molar-refractivity contribution >= 4 is 22.6 Å². The first-order valence-electron chi connectivity index (χ1n) is 8.46. The van der Waals surface area contributed by atoms with Gasteiger partial charge in [0, 0.05) is 0 Å². The molecule has 0 saturated carbocycles. The summed E-state index contributed by atoms with van der Waals surface area (Å²) >= 11 is 0. The van der Waals surface area contributed by atoms with Gasteiger partial charge in [0.25, 0.3) is 5.91 Å². The molecule has 5 heteroatoms. The van der Waals surface area contributed by atoms with Crippen LogP contribution in [0.25, 0.3) is 10.8 Å². The molecule has 0 radical (unpaired) electrons. The van der Waals surface area contributed by atoms with Crippen LogP contribution in [0.1, 0.15) is 40.4 Å². The maximum absolute atomic E-state index is 12.1. The highest BCUT2D eigenvalue weighted by atomic mass is 16.5. The zero-order valence-corrected chi connectivity index (χ0v) is 15.0. The largest absolute Gasteiger partial charge is 0.466 e. The van der Waals surface area contributed by atoms with E-state index in [1.54, 1.807) is 19.9 Å². The Hall–Kier alpha value is -3.08. The maximum atomic E-state index is 12.1. The van der Waals surface area contributed by atoms with Gasteiger partial charge in [0.1, 0.15) is 17.1 Å². The number of amides is 1. The van der Waals surface area contributed by atoms with Crippen molar-refractivity contribution < 1.29 is 18.7 Å². The van der Waals surface area contributed by atoms with Crippen LogP contribution in [0.3, 0.4) is 0 Å². The van der Waals surface area contributed by atoms with Crippen LogP contribution in [0.4, 0.5) is 0 Å². The van der Waals surface area contributed by atoms with Crippen molar-refractivity contribution in [3.05, 3.63) is 71.2 Å². The van der Waals surface area contributed by atoms with Crippen molar-refractivity contribution in [1.29, 1.82) is 0 Å². The topological polar surface area (TPSA) is 68.5 Å². The second kappa shape index (κ2) is 7.44. The number of carbonyl (C=O) groups is 2. The smallest absolute Gasteiger partial charge is 0.342 e. The van der Waals surface area contributed by atoms with Crippen molar-refractivity contribution in [2.45, 2.75) is 26.8 Å². The van der Waals surface area contributed by atoms with Gasteiger partial charge in [-0.05, 0) is 49.2 Å². The van der Waals surface area contributed by atoms with Gasteiger partial charge in [-0.2, -0.15) is 0 Å². The van der Waals surface area contributed by atoms with E-state index in [0.717, 1.165) is 16.3 Å². The van der Waals surface area contributed by atoms with Crippen molar-refractivity contribution in [3.63, 3.8) is 0 Å². The molecule has 3 aromatic rings. The van der Waals surface area contributed by atoms with Gasteiger partial charge in [0.2, 0.25) is 0 Å². The van der Waals surface area contributed by atoms with Crippen LogP contribution in [0.5, 0.6) is 0 Å². The normalized spacial score (nSPS) is 12.0. The number of nitrogens with one attached hydrogen (secondary N) is 1. The summed E-state index contributed by atoms with van der Waals surface area (Å²) in [6.45, 7) is 5.00. The summed E-state index contributed by atoms with van der Waals surface area (Å²) in [5, 5.41) is 5.11. The van der Waals surface area contributed by atoms with Gasteiger partial charge >= 0.3 is 5.97 Å². The highest BCUT2D eigenvalue weighted by Crippen LogP contribution is 2.20. The van der Waals surface area contributed by atoms with Crippen LogP contribution in [-0.2, 0) is 9.53 Å². The molecule has 1 unspecified atom stereocenters. The highest BCUT2D eigenvalue weighted by molar-refractivity contribution is 5.92. The molecule has 0 aliphatic heterocycles. The quantitative estimate of drug-likeness (QED) is 0.703. The lowest BCUT2D eigenvalue weighted by Crippen LogP contribution is -2.31. The van der Waals surface area contributed by atoms with Crippen molar-refractivity contribution in [2.75, 3.05) is 6.61 Å². The van der Waals surface area contributed by atoms with Gasteiger partial charge in [0.15, 0.2) is 6.61 Å². The molecule has 134 valence electrons. The number of aryl methyl sites for hydroxylation is 2. The first kappa shape index (κ1) is 17.7. The summed E-state index contributed by atoms with van der Waals surface area (Å²) in [5.74, 6) is 0.200. The van der Waals surface area contributed by atoms with E-state index in [1.807, 2.05) is 49.4 Å². The van der Waals surface area contributed by atoms with E-state index in [1.165, 1.54) is 0 Å². The minimum Gasteiger partial charge on any atom is -0.466 e. The predicted molar refractivity (Wildman–Crippen MR) is 99.0 cm³/mol. The molecule has 3 rings (SSSR count). The third-order valence-corrected chi connectivity index (χ3v) is 4.25. The average Bonchev–Trinajstić information content (AvgIpc) is 2.97. The molecule has 26 heavy (non-hydrogen) atoms. The molecule has 1 heterocycles. The lowest BCUT2D eigenvalue weighted by Gasteiger charge is -2.15. The number of ether oxygens (including phenoxy) is 1. The molecule has 1 amide bonds. The van der Waals surface area contributed by atoms with Gasteiger partial charge in [0.05, 0.1) is 6.04 Å². The fourth-order valence-corrected chi connectivity index (χ4v) is 2.89. The lowest BCUT2D eigenvalue weighted by atomic mass is 10.0. The zero-order chi connectivity index (χ0) is 18.7. The highest BCUT2D eigenvalue weighted by Gasteiger charge is 2.17. The van der Waals surface area contributed by atoms with E-state index in [4.69, 9.17) is 9.15 Å². The standard InChI is InChI=1S/C21H21NO4/c1-13-10-19(15(3)26-13)21(24)25-12-20(23)22-14(2)17-9-8-16-6-4-5-7-18(16)11-17/h4-11,14H,12H2,1-3H3,(H,22,23). The number of fused-ring (bicyclic) bond motifs is 1. The molecule has 1 atom stereocenters. The van der Waals surface area contributed by atoms with Crippen molar-refractivity contribution in [3.8, 4) is 0 Å². The third kappa shape index (κ3) is 3.94. The number of esters is 1. The summed E-state index contributed by atoms with van der Waals surface area (Å²) in [6, 6.07) is 15.5. The van der Waals surface area contributed by atoms with E-state index >= 15 is 0 Å². The molecule has 0 saturated heterocycles. The number of benzene rings is 2. The summed E-state index contributed by atoms with van der Waals surface area (Å²) in [6.07, 6.45) is 0. The van der Waals surface area contributed by atoms with Crippen LogP contribution in [0.2, 0.25) is 0 Å². The second-order valence-electron chi connectivity index (χ2n) is 6.30. The van der Waals surface area contributed by atoms with E-state index in [9.17, 15) is 9.59 Å². The first-order valence-corrected chi connectivity index (χ1v) is 8.46. The monoisotopic (exact) mass is 351 g/mol. The SMILES string of the molecule is Cc1cc(C(=O)OCC(=O)NC(C)c2ccc3ccccc3c2)c(C)o1. The lowest BCUT2D eigenvalue weighted by molar-refractivity contribution is -0.124. The fraction of sp³-hybridized carbons (Fsp3) is 0.238. The molecular formula is C21H21NO4. The molecule has 0 aliphatic rings. The Morgan fingerprint density at radius 1 is 1.08 bits per heavy atom. The Morgan fingerprint density at radius 3 is 2.50 bits per heavy atom. The number of furan rings is 1. The van der Waals surface area contributed by atoms with E-state index in [0.29, 0.717) is 17.1 Å². The van der Waals surface area contributed by atoms with Crippen molar-refractivity contribution in [2.24, 2.45) is 0 Å². The number of rotatable bonds is 5. The molecule has 0 bridgehead atoms. The Bertz CT molecular complexity index is 958. The Balaban J connectivity index is 1.58. The van der Waals surface area contributed by atoms with E-state index in [2.05, 4.69) is 5.32 Å². The Labute approximate surface area is 152 Å². The first-order chi connectivity index (χ1) is 12.4. The Kier molecular flexibility index (Phi) is 5.07. The fourth-order valence-electron chi connectivity index (χ4n) is 2.89. The summed E-state index contributed by atoms with van der Waals surface area (Å²) in [7, 11) is 0. The number of hydrogen-bond acceptors (Lipinski definition) is 4. The van der Waals surface area contributed by atoms with Gasteiger partial charge in [-0.3, -0.25) is 4.79 Å². The van der Waals surface area contributed by atoms with Crippen LogP contribution in [-0.4, -0.2) is 18.5 Å². The van der Waals surface area contributed by atoms with Crippen LogP contribution < -0.4 is 5.32 Å². The molecule has 1 aromatic heterocycles. The maximum Gasteiger partial charge on any atom is 0.342 e. The minimum absolute atomic E-state index is 0.191. The zero-order valence-electron chi connectivity index (χ0n) is 15.0. The predicted octanol–water partition coefficient (Wildman–Crippen LogP) is 4.08. The number of carbonyl (C=O) groups excluding carboxylic acids is 2. The third-order valence-electron chi connectivity index (χ3n) is 4.25. The summed E-state index contributed by atoms with van der Waals surface area (Å²) < 4.78 is 10.4. The van der Waals surface area contributed by atoms with Gasteiger partial charge in [-0.15, -0.1) is 0 Å². The molecular weight excluding hydrogens is 330 g/mol. The van der Waals surface area contributed by atoms with Crippen molar-refractivity contribution in [1.82, 2.24) is 5.32 Å². The van der Waals surface area contributed by atoms with Gasteiger partial charge in [-0.1, -0.05) is 36.4 Å². The summed E-state index contributed by atoms with van der Waals surface area (Å²) in [4.78, 5) is 24.1. The van der Waals surface area contributed by atoms with Crippen LogP contribution in [0.15, 0.2) is 52.9 Å². The molecule has 2 aromatic carbocycles.